The lowest BCUT2D eigenvalue weighted by atomic mass is 9.92. The van der Waals surface area contributed by atoms with E-state index in [1.807, 2.05) is 0 Å². The van der Waals surface area contributed by atoms with Gasteiger partial charge in [-0.2, -0.15) is 0 Å². The molecule has 1 saturated heterocycles. The number of hydrogen-bond donors (Lipinski definition) is 1. The molecule has 116 valence electrons. The van der Waals surface area contributed by atoms with Crippen LogP contribution in [0.1, 0.15) is 38.5 Å². The number of anilines is 1. The summed E-state index contributed by atoms with van der Waals surface area (Å²) in [5.41, 5.74) is 6.01. The first-order valence-corrected chi connectivity index (χ1v) is 9.70. The van der Waals surface area contributed by atoms with Gasteiger partial charge in [-0.05, 0) is 43.9 Å². The van der Waals surface area contributed by atoms with Crippen LogP contribution in [0.2, 0.25) is 0 Å². The number of halogens is 1. The van der Waals surface area contributed by atoms with E-state index in [0.29, 0.717) is 25.1 Å². The van der Waals surface area contributed by atoms with E-state index in [1.165, 1.54) is 0 Å². The highest BCUT2D eigenvalue weighted by Crippen LogP contribution is 2.43. The maximum absolute atomic E-state index is 12.9. The van der Waals surface area contributed by atoms with Crippen molar-refractivity contribution in [2.24, 2.45) is 0 Å². The Balaban J connectivity index is 1.92. The van der Waals surface area contributed by atoms with Crippen molar-refractivity contribution in [2.75, 3.05) is 12.3 Å². The lowest BCUT2D eigenvalue weighted by Gasteiger charge is -2.38. The molecule has 0 aromatic heterocycles. The Hall–Kier alpha value is -0.590. The van der Waals surface area contributed by atoms with Crippen LogP contribution in [0.15, 0.2) is 27.6 Å². The average molecular weight is 374 g/mol. The quantitative estimate of drug-likeness (QED) is 0.807. The van der Waals surface area contributed by atoms with Gasteiger partial charge < -0.3 is 10.5 Å². The Morgan fingerprint density at radius 2 is 2.00 bits per heavy atom. The number of ether oxygens (including phenoxy) is 1. The van der Waals surface area contributed by atoms with Crippen molar-refractivity contribution < 1.29 is 13.2 Å². The van der Waals surface area contributed by atoms with Crippen LogP contribution in [0, 0.1) is 0 Å². The Kier molecular flexibility index (Phi) is 4.05. The number of hydrogen-bond acceptors (Lipinski definition) is 4. The SMILES string of the molecule is Nc1ccc(Br)cc1S(=O)(=O)C1CCOC2(CCCC2)C1. The van der Waals surface area contributed by atoms with Crippen molar-refractivity contribution in [1.82, 2.24) is 0 Å². The van der Waals surface area contributed by atoms with Gasteiger partial charge in [0.15, 0.2) is 9.84 Å². The monoisotopic (exact) mass is 373 g/mol. The molecule has 1 aliphatic carbocycles. The molecule has 1 heterocycles. The fraction of sp³-hybridized carbons (Fsp3) is 0.600. The van der Waals surface area contributed by atoms with E-state index in [-0.39, 0.29) is 15.7 Å². The van der Waals surface area contributed by atoms with Gasteiger partial charge in [0.25, 0.3) is 0 Å². The second kappa shape index (κ2) is 5.56. The van der Waals surface area contributed by atoms with Gasteiger partial charge in [-0.1, -0.05) is 28.8 Å². The first-order valence-electron chi connectivity index (χ1n) is 7.36. The minimum Gasteiger partial charge on any atom is -0.398 e. The van der Waals surface area contributed by atoms with E-state index in [4.69, 9.17) is 10.5 Å². The van der Waals surface area contributed by atoms with Crippen LogP contribution in [-0.4, -0.2) is 25.9 Å². The molecule has 1 aromatic rings. The highest BCUT2D eigenvalue weighted by atomic mass is 79.9. The normalized spacial score (nSPS) is 25.3. The van der Waals surface area contributed by atoms with Crippen molar-refractivity contribution in [2.45, 2.75) is 54.3 Å². The molecule has 0 radical (unpaired) electrons. The Bertz CT molecular complexity index is 638. The van der Waals surface area contributed by atoms with E-state index in [9.17, 15) is 8.42 Å². The van der Waals surface area contributed by atoms with Gasteiger partial charge in [-0.15, -0.1) is 0 Å². The standard InChI is InChI=1S/C15H20BrNO3S/c16-11-3-4-13(17)14(9-11)21(18,19)12-5-8-20-15(10-12)6-1-2-7-15/h3-4,9,12H,1-2,5-8,10,17H2. The zero-order valence-electron chi connectivity index (χ0n) is 11.8. The van der Waals surface area contributed by atoms with E-state index < -0.39 is 9.84 Å². The summed E-state index contributed by atoms with van der Waals surface area (Å²) in [5, 5.41) is -0.388. The zero-order chi connectivity index (χ0) is 15.1. The minimum absolute atomic E-state index is 0.212. The van der Waals surface area contributed by atoms with E-state index in [0.717, 1.165) is 30.2 Å². The Morgan fingerprint density at radius 3 is 2.71 bits per heavy atom. The van der Waals surface area contributed by atoms with Gasteiger partial charge in [-0.3, -0.25) is 0 Å². The van der Waals surface area contributed by atoms with Gasteiger partial charge in [0, 0.05) is 11.1 Å². The van der Waals surface area contributed by atoms with Crippen molar-refractivity contribution >= 4 is 31.5 Å². The van der Waals surface area contributed by atoms with E-state index in [1.54, 1.807) is 18.2 Å². The minimum atomic E-state index is -3.41. The summed E-state index contributed by atoms with van der Waals surface area (Å²) in [6.07, 6.45) is 5.37. The molecule has 1 spiro atoms. The van der Waals surface area contributed by atoms with Gasteiger partial charge in [0.05, 0.1) is 21.4 Å². The van der Waals surface area contributed by atoms with E-state index >= 15 is 0 Å². The van der Waals surface area contributed by atoms with Crippen molar-refractivity contribution in [3.8, 4) is 0 Å². The number of nitrogen functional groups attached to an aromatic ring is 1. The highest BCUT2D eigenvalue weighted by Gasteiger charge is 2.44. The topological polar surface area (TPSA) is 69.4 Å². The molecular weight excluding hydrogens is 354 g/mol. The predicted molar refractivity (Wildman–Crippen MR) is 85.9 cm³/mol. The number of sulfone groups is 1. The van der Waals surface area contributed by atoms with Crippen molar-refractivity contribution in [3.05, 3.63) is 22.7 Å². The van der Waals surface area contributed by atoms with Crippen LogP contribution in [0.5, 0.6) is 0 Å². The molecule has 2 N–H and O–H groups in total. The first kappa shape index (κ1) is 15.3. The summed E-state index contributed by atoms with van der Waals surface area (Å²) >= 11 is 3.33. The lowest BCUT2D eigenvalue weighted by Crippen LogP contribution is -2.42. The number of nitrogens with two attached hydrogens (primary N) is 1. The third-order valence-electron chi connectivity index (χ3n) is 4.68. The van der Waals surface area contributed by atoms with Gasteiger partial charge >= 0.3 is 0 Å². The molecule has 2 aliphatic rings. The zero-order valence-corrected chi connectivity index (χ0v) is 14.2. The fourth-order valence-electron chi connectivity index (χ4n) is 3.55. The molecular formula is C15H20BrNO3S. The molecule has 1 saturated carbocycles. The second-order valence-electron chi connectivity index (χ2n) is 6.08. The third-order valence-corrected chi connectivity index (χ3v) is 7.42. The summed E-state index contributed by atoms with van der Waals surface area (Å²) in [7, 11) is -3.41. The van der Waals surface area contributed by atoms with Gasteiger partial charge in [0.1, 0.15) is 0 Å². The second-order valence-corrected chi connectivity index (χ2v) is 9.19. The molecule has 0 bridgehead atoms. The van der Waals surface area contributed by atoms with Crippen LogP contribution >= 0.6 is 15.9 Å². The molecule has 3 rings (SSSR count). The summed E-state index contributed by atoms with van der Waals surface area (Å²) in [5.74, 6) is 0. The summed E-state index contributed by atoms with van der Waals surface area (Å²) in [4.78, 5) is 0.247. The molecule has 1 unspecified atom stereocenters. The molecule has 6 heteroatoms. The smallest absolute Gasteiger partial charge is 0.183 e. The van der Waals surface area contributed by atoms with Crippen LogP contribution in [0.3, 0.4) is 0 Å². The number of rotatable bonds is 2. The molecule has 21 heavy (non-hydrogen) atoms. The van der Waals surface area contributed by atoms with Gasteiger partial charge in [0.2, 0.25) is 0 Å². The molecule has 1 aromatic carbocycles. The summed E-state index contributed by atoms with van der Waals surface area (Å²) < 4.78 is 32.6. The fourth-order valence-corrected chi connectivity index (χ4v) is 6.04. The van der Waals surface area contributed by atoms with Crippen LogP contribution < -0.4 is 5.73 Å². The molecule has 1 atom stereocenters. The first-order chi connectivity index (χ1) is 9.93. The molecule has 2 fully saturated rings. The van der Waals surface area contributed by atoms with E-state index in [2.05, 4.69) is 15.9 Å². The maximum atomic E-state index is 12.9. The third kappa shape index (κ3) is 2.85. The van der Waals surface area contributed by atoms with Gasteiger partial charge in [-0.25, -0.2) is 8.42 Å². The lowest BCUT2D eigenvalue weighted by molar-refractivity contribution is -0.0713. The predicted octanol–water partition coefficient (Wildman–Crippen LogP) is 3.30. The maximum Gasteiger partial charge on any atom is 0.183 e. The van der Waals surface area contributed by atoms with Crippen molar-refractivity contribution in [1.29, 1.82) is 0 Å². The van der Waals surface area contributed by atoms with Crippen LogP contribution in [0.4, 0.5) is 5.69 Å². The molecule has 0 amide bonds. The number of benzene rings is 1. The van der Waals surface area contributed by atoms with Crippen LogP contribution in [0.25, 0.3) is 0 Å². The van der Waals surface area contributed by atoms with Crippen LogP contribution in [-0.2, 0) is 14.6 Å². The Morgan fingerprint density at radius 1 is 1.29 bits per heavy atom. The Labute approximate surface area is 134 Å². The largest absolute Gasteiger partial charge is 0.398 e. The molecule has 4 nitrogen and oxygen atoms in total. The molecule has 1 aliphatic heterocycles. The van der Waals surface area contributed by atoms with Crippen molar-refractivity contribution in [3.63, 3.8) is 0 Å². The highest BCUT2D eigenvalue weighted by molar-refractivity contribution is 9.10. The average Bonchev–Trinajstić information content (AvgIpc) is 2.89. The summed E-state index contributed by atoms with van der Waals surface area (Å²) in [6.45, 7) is 0.526. The summed E-state index contributed by atoms with van der Waals surface area (Å²) in [6, 6.07) is 5.01.